The van der Waals surface area contributed by atoms with Crippen molar-refractivity contribution in [2.45, 2.75) is 24.0 Å². The van der Waals surface area contributed by atoms with E-state index >= 15 is 0 Å². The zero-order valence-corrected chi connectivity index (χ0v) is 9.51. The Morgan fingerprint density at radius 3 is 2.29 bits per heavy atom. The van der Waals surface area contributed by atoms with Crippen LogP contribution in [0.15, 0.2) is 29.2 Å². The molecular weight excluding hydrogens is 192 g/mol. The quantitative estimate of drug-likeness (QED) is 0.432. The van der Waals surface area contributed by atoms with Gasteiger partial charge in [-0.1, -0.05) is 13.8 Å². The molecule has 0 spiro atoms. The van der Waals surface area contributed by atoms with Crippen molar-refractivity contribution in [1.29, 1.82) is 5.26 Å². The molecule has 1 aromatic carbocycles. The van der Waals surface area contributed by atoms with Crippen molar-refractivity contribution in [2.75, 3.05) is 11.9 Å². The summed E-state index contributed by atoms with van der Waals surface area (Å²) >= 11 is 1.83. The van der Waals surface area contributed by atoms with Gasteiger partial charge in [-0.2, -0.15) is 5.26 Å². The Balaban J connectivity index is 2.74. The third-order valence-corrected chi connectivity index (χ3v) is 2.76. The van der Waals surface area contributed by atoms with Gasteiger partial charge in [-0.15, -0.1) is 11.8 Å². The van der Waals surface area contributed by atoms with Crippen LogP contribution in [-0.4, -0.2) is 12.3 Å². The summed E-state index contributed by atoms with van der Waals surface area (Å²) in [6.45, 7) is 4.33. The summed E-state index contributed by atoms with van der Waals surface area (Å²) in [7, 11) is 1.75. The molecule has 0 amide bonds. The summed E-state index contributed by atoms with van der Waals surface area (Å²) < 4.78 is 0. The number of benzene rings is 1. The Labute approximate surface area is 89.5 Å². The fourth-order valence-corrected chi connectivity index (χ4v) is 1.92. The van der Waals surface area contributed by atoms with E-state index in [0.717, 1.165) is 5.69 Å². The van der Waals surface area contributed by atoms with Crippen LogP contribution < -0.4 is 4.90 Å². The fraction of sp³-hybridized carbons (Fsp3) is 0.364. The van der Waals surface area contributed by atoms with Crippen LogP contribution >= 0.6 is 11.8 Å². The molecule has 0 aromatic heterocycles. The Morgan fingerprint density at radius 1 is 1.29 bits per heavy atom. The molecule has 0 unspecified atom stereocenters. The molecule has 0 heterocycles. The second kappa shape index (κ2) is 4.92. The van der Waals surface area contributed by atoms with Crippen LogP contribution in [0.4, 0.5) is 5.69 Å². The number of thioether (sulfide) groups is 1. The zero-order valence-electron chi connectivity index (χ0n) is 8.69. The molecule has 1 rings (SSSR count). The summed E-state index contributed by atoms with van der Waals surface area (Å²) in [5.41, 5.74) is 0.931. The van der Waals surface area contributed by atoms with E-state index in [1.54, 1.807) is 11.9 Å². The first-order chi connectivity index (χ1) is 6.63. The van der Waals surface area contributed by atoms with Gasteiger partial charge in [-0.25, -0.2) is 0 Å². The average molecular weight is 206 g/mol. The Bertz CT molecular complexity index is 324. The van der Waals surface area contributed by atoms with Gasteiger partial charge >= 0.3 is 0 Å². The van der Waals surface area contributed by atoms with Gasteiger partial charge in [0.15, 0.2) is 6.19 Å². The van der Waals surface area contributed by atoms with Crippen LogP contribution in [0.3, 0.4) is 0 Å². The number of anilines is 1. The van der Waals surface area contributed by atoms with E-state index in [9.17, 15) is 0 Å². The van der Waals surface area contributed by atoms with E-state index in [2.05, 4.69) is 20.0 Å². The van der Waals surface area contributed by atoms with Crippen molar-refractivity contribution in [3.8, 4) is 6.19 Å². The average Bonchev–Trinajstić information content (AvgIpc) is 2.17. The maximum Gasteiger partial charge on any atom is 0.183 e. The molecule has 1 aromatic rings. The molecule has 0 aliphatic rings. The summed E-state index contributed by atoms with van der Waals surface area (Å²) in [4.78, 5) is 2.79. The molecule has 2 nitrogen and oxygen atoms in total. The largest absolute Gasteiger partial charge is 0.283 e. The van der Waals surface area contributed by atoms with E-state index < -0.39 is 0 Å². The van der Waals surface area contributed by atoms with Gasteiger partial charge in [0.05, 0.1) is 5.69 Å². The van der Waals surface area contributed by atoms with Crippen molar-refractivity contribution in [3.05, 3.63) is 24.3 Å². The summed E-state index contributed by atoms with van der Waals surface area (Å²) in [5, 5.41) is 9.27. The molecule has 0 saturated carbocycles. The van der Waals surface area contributed by atoms with E-state index in [0.29, 0.717) is 5.25 Å². The van der Waals surface area contributed by atoms with Gasteiger partial charge in [0.25, 0.3) is 0 Å². The summed E-state index contributed by atoms with van der Waals surface area (Å²) in [6, 6.07) is 8.03. The normalized spacial score (nSPS) is 9.93. The highest BCUT2D eigenvalue weighted by Gasteiger charge is 2.00. The molecule has 0 fully saturated rings. The number of nitrogens with zero attached hydrogens (tertiary/aromatic N) is 2. The maximum absolute atomic E-state index is 8.67. The number of hydrogen-bond donors (Lipinski definition) is 0. The van der Waals surface area contributed by atoms with Gasteiger partial charge in [-0.3, -0.25) is 4.90 Å². The van der Waals surface area contributed by atoms with Crippen LogP contribution in [0.1, 0.15) is 13.8 Å². The highest BCUT2D eigenvalue weighted by atomic mass is 32.2. The van der Waals surface area contributed by atoms with Crippen LogP contribution in [0.5, 0.6) is 0 Å². The van der Waals surface area contributed by atoms with Crippen molar-refractivity contribution in [2.24, 2.45) is 0 Å². The Hall–Kier alpha value is -1.14. The van der Waals surface area contributed by atoms with E-state index in [1.165, 1.54) is 4.90 Å². The minimum atomic E-state index is 0.592. The maximum atomic E-state index is 8.67. The van der Waals surface area contributed by atoms with Crippen molar-refractivity contribution < 1.29 is 0 Å². The molecule has 0 atom stereocenters. The molecule has 74 valence electrons. The van der Waals surface area contributed by atoms with Gasteiger partial charge in [0.1, 0.15) is 0 Å². The van der Waals surface area contributed by atoms with E-state index in [4.69, 9.17) is 5.26 Å². The van der Waals surface area contributed by atoms with Crippen LogP contribution in [0.2, 0.25) is 0 Å². The first-order valence-electron chi connectivity index (χ1n) is 4.53. The molecule has 0 aliphatic carbocycles. The molecule has 0 bridgehead atoms. The lowest BCUT2D eigenvalue weighted by molar-refractivity contribution is 1.11. The zero-order chi connectivity index (χ0) is 10.6. The standard InChI is InChI=1S/C11H14N2S/c1-9(2)14-11-6-4-10(5-7-11)13(3)8-12/h4-7,9H,1-3H3. The lowest BCUT2D eigenvalue weighted by Gasteiger charge is -2.10. The van der Waals surface area contributed by atoms with Crippen LogP contribution in [0, 0.1) is 11.5 Å². The number of hydrogen-bond acceptors (Lipinski definition) is 3. The van der Waals surface area contributed by atoms with Crippen LogP contribution in [0.25, 0.3) is 0 Å². The number of rotatable bonds is 3. The predicted octanol–water partition coefficient (Wildman–Crippen LogP) is 3.10. The molecule has 14 heavy (non-hydrogen) atoms. The minimum absolute atomic E-state index is 0.592. The minimum Gasteiger partial charge on any atom is -0.283 e. The molecular formula is C11H14N2S. The monoisotopic (exact) mass is 206 g/mol. The molecule has 0 radical (unpaired) electrons. The lowest BCUT2D eigenvalue weighted by atomic mass is 10.3. The smallest absolute Gasteiger partial charge is 0.183 e. The Morgan fingerprint density at radius 2 is 1.86 bits per heavy atom. The van der Waals surface area contributed by atoms with Gasteiger partial charge in [-0.05, 0) is 24.3 Å². The van der Waals surface area contributed by atoms with Gasteiger partial charge in [0.2, 0.25) is 0 Å². The predicted molar refractivity (Wildman–Crippen MR) is 61.5 cm³/mol. The first kappa shape index (κ1) is 10.9. The van der Waals surface area contributed by atoms with Crippen LogP contribution in [-0.2, 0) is 0 Å². The highest BCUT2D eigenvalue weighted by Crippen LogP contribution is 2.24. The molecule has 0 saturated heterocycles. The van der Waals surface area contributed by atoms with Gasteiger partial charge in [0, 0.05) is 17.2 Å². The van der Waals surface area contributed by atoms with E-state index in [1.807, 2.05) is 36.0 Å². The SMILES string of the molecule is CC(C)Sc1ccc(N(C)C#N)cc1. The third-order valence-electron chi connectivity index (χ3n) is 1.75. The van der Waals surface area contributed by atoms with E-state index in [-0.39, 0.29) is 0 Å². The third kappa shape index (κ3) is 2.97. The molecule has 3 heteroatoms. The first-order valence-corrected chi connectivity index (χ1v) is 5.41. The van der Waals surface area contributed by atoms with Crippen molar-refractivity contribution >= 4 is 17.4 Å². The summed E-state index contributed by atoms with van der Waals surface area (Å²) in [5.74, 6) is 0. The Kier molecular flexibility index (Phi) is 3.84. The van der Waals surface area contributed by atoms with Crippen molar-refractivity contribution in [3.63, 3.8) is 0 Å². The topological polar surface area (TPSA) is 27.0 Å². The van der Waals surface area contributed by atoms with Gasteiger partial charge < -0.3 is 0 Å². The molecule has 0 N–H and O–H groups in total. The lowest BCUT2D eigenvalue weighted by Crippen LogP contribution is -2.07. The second-order valence-corrected chi connectivity index (χ2v) is 4.97. The number of nitriles is 1. The summed E-state index contributed by atoms with van der Waals surface area (Å²) in [6.07, 6.45) is 2.07. The molecule has 0 aliphatic heterocycles. The highest BCUT2D eigenvalue weighted by molar-refractivity contribution is 7.99. The fourth-order valence-electron chi connectivity index (χ4n) is 1.08. The second-order valence-electron chi connectivity index (χ2n) is 3.32. The van der Waals surface area contributed by atoms with Crippen molar-refractivity contribution in [1.82, 2.24) is 0 Å².